The maximum absolute atomic E-state index is 11.9. The normalized spacial score (nSPS) is 10.3. The number of rotatable bonds is 11. The first-order chi connectivity index (χ1) is 13.1. The van der Waals surface area contributed by atoms with Gasteiger partial charge in [-0.15, -0.1) is 0 Å². The lowest BCUT2D eigenvalue weighted by Crippen LogP contribution is -2.14. The third-order valence-corrected chi connectivity index (χ3v) is 4.53. The summed E-state index contributed by atoms with van der Waals surface area (Å²) in [5, 5.41) is 11.7. The number of thioether (sulfide) groups is 1. The molecule has 144 valence electrons. The van der Waals surface area contributed by atoms with Gasteiger partial charge in [-0.1, -0.05) is 0 Å². The van der Waals surface area contributed by atoms with E-state index in [1.807, 2.05) is 31.2 Å². The van der Waals surface area contributed by atoms with Gasteiger partial charge >= 0.3 is 5.97 Å². The highest BCUT2D eigenvalue weighted by Crippen LogP contribution is 2.16. The van der Waals surface area contributed by atoms with Gasteiger partial charge in [0.2, 0.25) is 5.91 Å². The first kappa shape index (κ1) is 20.6. The fourth-order valence-corrected chi connectivity index (χ4v) is 2.93. The summed E-state index contributed by atoms with van der Waals surface area (Å²) in [4.78, 5) is 22.7. The molecule has 0 heterocycles. The van der Waals surface area contributed by atoms with Crippen LogP contribution in [0, 0.1) is 0 Å². The lowest BCUT2D eigenvalue weighted by molar-refractivity contribution is -0.113. The molecule has 1 amide bonds. The number of amides is 1. The highest BCUT2D eigenvalue weighted by Gasteiger charge is 2.04. The summed E-state index contributed by atoms with van der Waals surface area (Å²) in [6.45, 7) is 3.05. The van der Waals surface area contributed by atoms with E-state index in [4.69, 9.17) is 14.6 Å². The van der Waals surface area contributed by atoms with Crippen LogP contribution < -0.4 is 14.8 Å². The van der Waals surface area contributed by atoms with Crippen molar-refractivity contribution in [3.8, 4) is 11.5 Å². The fourth-order valence-electron chi connectivity index (χ4n) is 2.21. The summed E-state index contributed by atoms with van der Waals surface area (Å²) >= 11 is 1.54. The Bertz CT molecular complexity index is 731. The Balaban J connectivity index is 1.58. The van der Waals surface area contributed by atoms with Gasteiger partial charge in [-0.25, -0.2) is 4.79 Å². The minimum atomic E-state index is -0.957. The largest absolute Gasteiger partial charge is 0.494 e. The standard InChI is InChI=1S/C20H23NO5S/c1-2-25-17-10-6-16(7-11-17)21-19(22)14-27-13-3-12-26-18-8-4-15(5-9-18)20(23)24/h4-11H,2-3,12-14H2,1H3,(H,21,22)(H,23,24). The van der Waals surface area contributed by atoms with Crippen LogP contribution in [0.3, 0.4) is 0 Å². The molecule has 2 rings (SSSR count). The minimum absolute atomic E-state index is 0.0469. The Kier molecular flexibility index (Phi) is 8.51. The van der Waals surface area contributed by atoms with E-state index in [9.17, 15) is 9.59 Å². The zero-order valence-electron chi connectivity index (χ0n) is 15.1. The van der Waals surface area contributed by atoms with Gasteiger partial charge in [-0.05, 0) is 67.6 Å². The van der Waals surface area contributed by atoms with Crippen LogP contribution in [0.1, 0.15) is 23.7 Å². The van der Waals surface area contributed by atoms with Crippen molar-refractivity contribution in [1.29, 1.82) is 0 Å². The predicted octanol–water partition coefficient (Wildman–Crippen LogP) is 3.92. The average molecular weight is 389 g/mol. The Morgan fingerprint density at radius 1 is 1.00 bits per heavy atom. The van der Waals surface area contributed by atoms with Gasteiger partial charge in [0.15, 0.2) is 0 Å². The molecule has 0 radical (unpaired) electrons. The maximum Gasteiger partial charge on any atom is 0.335 e. The topological polar surface area (TPSA) is 84.9 Å². The number of carboxylic acids is 1. The van der Waals surface area contributed by atoms with Crippen LogP contribution in [-0.2, 0) is 4.79 Å². The van der Waals surface area contributed by atoms with Crippen molar-refractivity contribution < 1.29 is 24.2 Å². The summed E-state index contributed by atoms with van der Waals surface area (Å²) in [5.74, 6) is 1.58. The average Bonchev–Trinajstić information content (AvgIpc) is 2.66. The molecule has 0 fully saturated rings. The Morgan fingerprint density at radius 3 is 2.26 bits per heavy atom. The monoisotopic (exact) mass is 389 g/mol. The number of nitrogens with one attached hydrogen (secondary N) is 1. The van der Waals surface area contributed by atoms with Crippen molar-refractivity contribution in [2.75, 3.05) is 30.0 Å². The lowest BCUT2D eigenvalue weighted by atomic mass is 10.2. The Labute approximate surface area is 162 Å². The fraction of sp³-hybridized carbons (Fsp3) is 0.300. The zero-order valence-corrected chi connectivity index (χ0v) is 16.0. The number of carboxylic acid groups (broad SMARTS) is 1. The third-order valence-electron chi connectivity index (χ3n) is 3.49. The SMILES string of the molecule is CCOc1ccc(NC(=O)CSCCCOc2ccc(C(=O)O)cc2)cc1. The number of ether oxygens (including phenoxy) is 2. The van der Waals surface area contributed by atoms with Crippen molar-refractivity contribution in [3.05, 3.63) is 54.1 Å². The molecule has 27 heavy (non-hydrogen) atoms. The number of aromatic carboxylic acids is 1. The molecule has 0 aliphatic heterocycles. The second-order valence-corrected chi connectivity index (χ2v) is 6.69. The molecule has 0 aliphatic carbocycles. The molecule has 0 bridgehead atoms. The van der Waals surface area contributed by atoms with Crippen LogP contribution in [0.15, 0.2) is 48.5 Å². The number of benzene rings is 2. The number of hydrogen-bond acceptors (Lipinski definition) is 5. The van der Waals surface area contributed by atoms with Crippen molar-refractivity contribution in [3.63, 3.8) is 0 Å². The second kappa shape index (κ2) is 11.1. The van der Waals surface area contributed by atoms with Crippen LogP contribution in [-0.4, -0.2) is 41.7 Å². The maximum atomic E-state index is 11.9. The summed E-state index contributed by atoms with van der Waals surface area (Å²) in [7, 11) is 0. The second-order valence-electron chi connectivity index (χ2n) is 5.59. The molecule has 7 heteroatoms. The smallest absolute Gasteiger partial charge is 0.335 e. The molecule has 0 spiro atoms. The van der Waals surface area contributed by atoms with Gasteiger partial charge < -0.3 is 19.9 Å². The highest BCUT2D eigenvalue weighted by atomic mass is 32.2. The van der Waals surface area contributed by atoms with Gasteiger partial charge in [-0.2, -0.15) is 11.8 Å². The van der Waals surface area contributed by atoms with Crippen LogP contribution in [0.5, 0.6) is 11.5 Å². The lowest BCUT2D eigenvalue weighted by Gasteiger charge is -2.08. The number of carbonyl (C=O) groups excluding carboxylic acids is 1. The van der Waals surface area contributed by atoms with Gasteiger partial charge in [0.25, 0.3) is 0 Å². The van der Waals surface area contributed by atoms with Gasteiger partial charge in [0, 0.05) is 5.69 Å². The molecule has 0 saturated carbocycles. The van der Waals surface area contributed by atoms with Crippen molar-refractivity contribution in [2.45, 2.75) is 13.3 Å². The molecule has 2 aromatic rings. The van der Waals surface area contributed by atoms with Crippen molar-refractivity contribution in [1.82, 2.24) is 0 Å². The van der Waals surface area contributed by atoms with E-state index in [1.54, 1.807) is 12.1 Å². The van der Waals surface area contributed by atoms with E-state index < -0.39 is 5.97 Å². The van der Waals surface area contributed by atoms with Gasteiger partial charge in [-0.3, -0.25) is 4.79 Å². The molecule has 0 atom stereocenters. The van der Waals surface area contributed by atoms with Crippen LogP contribution in [0.2, 0.25) is 0 Å². The van der Waals surface area contributed by atoms with E-state index in [0.29, 0.717) is 24.7 Å². The van der Waals surface area contributed by atoms with Crippen molar-refractivity contribution >= 4 is 29.3 Å². The highest BCUT2D eigenvalue weighted by molar-refractivity contribution is 7.99. The minimum Gasteiger partial charge on any atom is -0.494 e. The summed E-state index contributed by atoms with van der Waals surface area (Å²) < 4.78 is 10.9. The zero-order chi connectivity index (χ0) is 19.5. The van der Waals surface area contributed by atoms with E-state index in [0.717, 1.165) is 23.6 Å². The summed E-state index contributed by atoms with van der Waals surface area (Å²) in [6, 6.07) is 13.6. The van der Waals surface area contributed by atoms with Gasteiger partial charge in [0.1, 0.15) is 11.5 Å². The number of carbonyl (C=O) groups is 2. The first-order valence-electron chi connectivity index (χ1n) is 8.65. The molecule has 2 N–H and O–H groups in total. The number of hydrogen-bond donors (Lipinski definition) is 2. The number of anilines is 1. The summed E-state index contributed by atoms with van der Waals surface area (Å²) in [6.07, 6.45) is 0.793. The Hall–Kier alpha value is -2.67. The molecule has 0 aliphatic rings. The molecule has 0 unspecified atom stereocenters. The molecule has 0 aromatic heterocycles. The molecule has 2 aromatic carbocycles. The summed E-state index contributed by atoms with van der Waals surface area (Å²) in [5.41, 5.74) is 0.980. The quantitative estimate of drug-likeness (QED) is 0.567. The molecule has 6 nitrogen and oxygen atoms in total. The van der Waals surface area contributed by atoms with E-state index >= 15 is 0 Å². The van der Waals surface area contributed by atoms with E-state index in [2.05, 4.69) is 5.32 Å². The Morgan fingerprint density at radius 2 is 1.63 bits per heavy atom. The molecule has 0 saturated heterocycles. The molecular formula is C20H23NO5S. The van der Waals surface area contributed by atoms with E-state index in [1.165, 1.54) is 23.9 Å². The van der Waals surface area contributed by atoms with Crippen LogP contribution >= 0.6 is 11.8 Å². The van der Waals surface area contributed by atoms with Crippen LogP contribution in [0.4, 0.5) is 5.69 Å². The molecular weight excluding hydrogens is 366 g/mol. The first-order valence-corrected chi connectivity index (χ1v) is 9.80. The van der Waals surface area contributed by atoms with Gasteiger partial charge in [0.05, 0.1) is 24.5 Å². The third kappa shape index (κ3) is 7.62. The predicted molar refractivity (Wildman–Crippen MR) is 107 cm³/mol. The van der Waals surface area contributed by atoms with E-state index in [-0.39, 0.29) is 11.5 Å². The van der Waals surface area contributed by atoms with Crippen LogP contribution in [0.25, 0.3) is 0 Å². The van der Waals surface area contributed by atoms with Crippen molar-refractivity contribution in [2.24, 2.45) is 0 Å².